The van der Waals surface area contributed by atoms with Gasteiger partial charge in [-0.15, -0.1) is 0 Å². The highest BCUT2D eigenvalue weighted by atomic mass is 16.6. The van der Waals surface area contributed by atoms with Gasteiger partial charge in [-0.05, 0) is 20.3 Å². The van der Waals surface area contributed by atoms with Gasteiger partial charge in [0.05, 0.1) is 25.4 Å². The largest absolute Gasteiger partial charge is 0.449 e. The lowest BCUT2D eigenvalue weighted by atomic mass is 10.2. The highest BCUT2D eigenvalue weighted by molar-refractivity contribution is 5.74. The Morgan fingerprint density at radius 2 is 2.06 bits per heavy atom. The van der Waals surface area contributed by atoms with Crippen LogP contribution in [-0.4, -0.2) is 47.7 Å². The van der Waals surface area contributed by atoms with Gasteiger partial charge in [-0.25, -0.2) is 20.0 Å². The number of hydrogen-bond donors (Lipinski definition) is 2. The Kier molecular flexibility index (Phi) is 5.44. The minimum atomic E-state index is -0.837. The molecule has 7 heteroatoms. The van der Waals surface area contributed by atoms with Crippen LogP contribution in [0.2, 0.25) is 0 Å². The van der Waals surface area contributed by atoms with Gasteiger partial charge in [-0.1, -0.05) is 12.2 Å². The standard InChI is InChI=1S/C11H18N2O5/c1-3-17-10(15)12-13(11(16)18-4-2)8-6-5-7-9(8)14/h5,7-9,14H,3-4,6H2,1-2H3,(H,12,15)/t8?,9-/m0/s1. The quantitative estimate of drug-likeness (QED) is 0.577. The van der Waals surface area contributed by atoms with Crippen LogP contribution in [0, 0.1) is 0 Å². The van der Waals surface area contributed by atoms with E-state index in [9.17, 15) is 14.7 Å². The summed E-state index contributed by atoms with van der Waals surface area (Å²) < 4.78 is 9.52. The number of nitrogens with one attached hydrogen (secondary N) is 1. The molecule has 7 nitrogen and oxygen atoms in total. The summed E-state index contributed by atoms with van der Waals surface area (Å²) >= 11 is 0. The second kappa shape index (κ2) is 6.85. The van der Waals surface area contributed by atoms with E-state index in [1.54, 1.807) is 26.0 Å². The molecule has 1 unspecified atom stereocenters. The van der Waals surface area contributed by atoms with Gasteiger partial charge in [0, 0.05) is 0 Å². The molecule has 1 aliphatic carbocycles. The van der Waals surface area contributed by atoms with E-state index in [-0.39, 0.29) is 13.2 Å². The highest BCUT2D eigenvalue weighted by Crippen LogP contribution is 2.17. The van der Waals surface area contributed by atoms with Crippen LogP contribution in [0.1, 0.15) is 20.3 Å². The van der Waals surface area contributed by atoms with Crippen LogP contribution < -0.4 is 5.43 Å². The van der Waals surface area contributed by atoms with E-state index in [2.05, 4.69) is 5.43 Å². The first-order valence-electron chi connectivity index (χ1n) is 5.84. The third-order valence-corrected chi connectivity index (χ3v) is 2.39. The van der Waals surface area contributed by atoms with Gasteiger partial charge in [-0.3, -0.25) is 0 Å². The minimum Gasteiger partial charge on any atom is -0.449 e. The van der Waals surface area contributed by atoms with Crippen molar-refractivity contribution in [2.45, 2.75) is 32.4 Å². The summed E-state index contributed by atoms with van der Waals surface area (Å²) in [5.41, 5.74) is 2.27. The van der Waals surface area contributed by atoms with Gasteiger partial charge < -0.3 is 14.6 Å². The summed E-state index contributed by atoms with van der Waals surface area (Å²) in [6.45, 7) is 3.67. The summed E-state index contributed by atoms with van der Waals surface area (Å²) in [6.07, 6.45) is 1.41. The molecule has 2 atom stereocenters. The van der Waals surface area contributed by atoms with Crippen molar-refractivity contribution in [3.05, 3.63) is 12.2 Å². The van der Waals surface area contributed by atoms with Crippen molar-refractivity contribution in [3.8, 4) is 0 Å². The first-order chi connectivity index (χ1) is 8.60. The number of hydrogen-bond acceptors (Lipinski definition) is 5. The lowest BCUT2D eigenvalue weighted by molar-refractivity contribution is 0.0282. The van der Waals surface area contributed by atoms with Crippen LogP contribution in [-0.2, 0) is 9.47 Å². The molecular weight excluding hydrogens is 240 g/mol. The molecule has 0 aromatic carbocycles. The summed E-state index contributed by atoms with van der Waals surface area (Å²) in [5, 5.41) is 10.7. The fraction of sp³-hybridized carbons (Fsp3) is 0.636. The van der Waals surface area contributed by atoms with Crippen LogP contribution in [0.4, 0.5) is 9.59 Å². The van der Waals surface area contributed by atoms with E-state index in [1.807, 2.05) is 0 Å². The zero-order valence-electron chi connectivity index (χ0n) is 10.5. The first kappa shape index (κ1) is 14.3. The molecule has 2 amide bonds. The maximum Gasteiger partial charge on any atom is 0.429 e. The predicted octanol–water partition coefficient (Wildman–Crippen LogP) is 0.795. The molecule has 102 valence electrons. The lowest BCUT2D eigenvalue weighted by Gasteiger charge is -2.29. The van der Waals surface area contributed by atoms with Gasteiger partial charge in [0.15, 0.2) is 0 Å². The molecule has 0 aromatic heterocycles. The third-order valence-electron chi connectivity index (χ3n) is 2.39. The molecule has 1 aliphatic rings. The Morgan fingerprint density at radius 1 is 1.39 bits per heavy atom. The number of amides is 2. The number of hydrazine groups is 1. The maximum atomic E-state index is 11.7. The Balaban J connectivity index is 2.68. The summed E-state index contributed by atoms with van der Waals surface area (Å²) in [7, 11) is 0. The van der Waals surface area contributed by atoms with Crippen LogP contribution in [0.5, 0.6) is 0 Å². The molecule has 0 bridgehead atoms. The average molecular weight is 258 g/mol. The zero-order chi connectivity index (χ0) is 13.5. The van der Waals surface area contributed by atoms with Crippen molar-refractivity contribution in [2.24, 2.45) is 0 Å². The van der Waals surface area contributed by atoms with Crippen LogP contribution >= 0.6 is 0 Å². The van der Waals surface area contributed by atoms with Crippen molar-refractivity contribution < 1.29 is 24.2 Å². The molecular formula is C11H18N2O5. The number of aliphatic hydroxyl groups is 1. The third kappa shape index (κ3) is 3.63. The Bertz CT molecular complexity index is 331. The average Bonchev–Trinajstić information content (AvgIpc) is 2.73. The molecule has 0 saturated heterocycles. The second-order valence-electron chi connectivity index (χ2n) is 3.62. The smallest absolute Gasteiger partial charge is 0.429 e. The summed E-state index contributed by atoms with van der Waals surface area (Å²) in [5.74, 6) is 0. The van der Waals surface area contributed by atoms with E-state index < -0.39 is 24.3 Å². The number of carbonyl (C=O) groups is 2. The summed E-state index contributed by atoms with van der Waals surface area (Å²) in [6, 6.07) is -0.576. The molecule has 0 aliphatic heterocycles. The van der Waals surface area contributed by atoms with E-state index >= 15 is 0 Å². The van der Waals surface area contributed by atoms with E-state index in [0.29, 0.717) is 6.42 Å². The molecule has 18 heavy (non-hydrogen) atoms. The molecule has 0 spiro atoms. The lowest BCUT2D eigenvalue weighted by Crippen LogP contribution is -2.54. The van der Waals surface area contributed by atoms with Crippen LogP contribution in [0.3, 0.4) is 0 Å². The highest BCUT2D eigenvalue weighted by Gasteiger charge is 2.33. The summed E-state index contributed by atoms with van der Waals surface area (Å²) in [4.78, 5) is 23.1. The monoisotopic (exact) mass is 258 g/mol. The van der Waals surface area contributed by atoms with Crippen molar-refractivity contribution in [1.29, 1.82) is 0 Å². The SMILES string of the molecule is CCOC(=O)NN(C(=O)OCC)C1CC=C[C@@H]1O. The fourth-order valence-corrected chi connectivity index (χ4v) is 1.60. The first-order valence-corrected chi connectivity index (χ1v) is 5.84. The van der Waals surface area contributed by atoms with Gasteiger partial charge in [0.1, 0.15) is 0 Å². The maximum absolute atomic E-state index is 11.7. The Morgan fingerprint density at radius 3 is 2.56 bits per heavy atom. The fourth-order valence-electron chi connectivity index (χ4n) is 1.60. The van der Waals surface area contributed by atoms with Crippen LogP contribution in [0.25, 0.3) is 0 Å². The van der Waals surface area contributed by atoms with E-state index in [4.69, 9.17) is 9.47 Å². The molecule has 0 heterocycles. The topological polar surface area (TPSA) is 88.1 Å². The molecule has 1 rings (SSSR count). The van der Waals surface area contributed by atoms with Gasteiger partial charge in [-0.2, -0.15) is 0 Å². The molecule has 0 radical (unpaired) electrons. The van der Waals surface area contributed by atoms with Gasteiger partial charge in [0.25, 0.3) is 0 Å². The Labute approximate surface area is 105 Å². The number of carbonyl (C=O) groups excluding carboxylic acids is 2. The number of nitrogens with zero attached hydrogens (tertiary/aromatic N) is 1. The predicted molar refractivity (Wildman–Crippen MR) is 62.6 cm³/mol. The number of aliphatic hydroxyl groups excluding tert-OH is 1. The van der Waals surface area contributed by atoms with Crippen molar-refractivity contribution in [2.75, 3.05) is 13.2 Å². The Hall–Kier alpha value is -1.76. The van der Waals surface area contributed by atoms with Gasteiger partial charge in [0.2, 0.25) is 0 Å². The molecule has 2 N–H and O–H groups in total. The van der Waals surface area contributed by atoms with Crippen molar-refractivity contribution >= 4 is 12.2 Å². The van der Waals surface area contributed by atoms with E-state index in [1.165, 1.54) is 0 Å². The molecule has 0 saturated carbocycles. The number of rotatable bonds is 3. The molecule has 0 aromatic rings. The van der Waals surface area contributed by atoms with Crippen LogP contribution in [0.15, 0.2) is 12.2 Å². The normalized spacial score (nSPS) is 21.5. The van der Waals surface area contributed by atoms with E-state index in [0.717, 1.165) is 5.01 Å². The second-order valence-corrected chi connectivity index (χ2v) is 3.62. The molecule has 0 fully saturated rings. The van der Waals surface area contributed by atoms with Gasteiger partial charge >= 0.3 is 12.2 Å². The van der Waals surface area contributed by atoms with Crippen molar-refractivity contribution in [1.82, 2.24) is 10.4 Å². The number of ether oxygens (including phenoxy) is 2. The minimum absolute atomic E-state index is 0.177. The van der Waals surface area contributed by atoms with Crippen molar-refractivity contribution in [3.63, 3.8) is 0 Å². The zero-order valence-corrected chi connectivity index (χ0v) is 10.5.